The summed E-state index contributed by atoms with van der Waals surface area (Å²) >= 11 is -0.556. The Morgan fingerprint density at radius 1 is 0.438 bits per heavy atom. The third-order valence-electron chi connectivity index (χ3n) is 16.2. The molecular weight excluding hydrogens is 1690 g/mol. The van der Waals surface area contributed by atoms with Crippen molar-refractivity contribution in [2.45, 2.75) is 6.92 Å². The predicted molar refractivity (Wildman–Crippen MR) is 394 cm³/mol. The summed E-state index contributed by atoms with van der Waals surface area (Å²) in [6.07, 6.45) is 3.66. The van der Waals surface area contributed by atoms with Crippen LogP contribution in [-0.2, 0) is 51.8 Å². The van der Waals surface area contributed by atoms with Crippen molar-refractivity contribution in [3.8, 4) is 78.9 Å². The monoisotopic (exact) mass is 1750 g/mol. The van der Waals surface area contributed by atoms with Gasteiger partial charge in [0.2, 0.25) is 0 Å². The standard InChI is InChI=1S/C37H26N4.C37H24N4.C4H10O2.4ClH.2K.2Pt/c2*1-40-35-16-6-5-15-33(35)39-37(40)28-17-19-30-31-23-26(25-10-3-2-4-11-25)18-20-34(31)41(36(30)24-28)29-13-9-12-27(22-29)32-14-7-8-21-38-32;1-2-6-4-3-5;;;;;;;;/h2-24H,1H3;2-21,23H,1H3;5H,2-4H2,1H3;4*1H;;;;/q;-2;;;;;;;;+2;+4/p-4. The molecule has 0 radical (unpaired) electrons. The van der Waals surface area contributed by atoms with Crippen LogP contribution in [0.5, 0.6) is 0 Å². The predicted octanol–water partition coefficient (Wildman–Crippen LogP) is 19.7. The Hall–Kier alpha value is -5.23. The molecule has 18 heteroatoms. The molecular formula is C78H60Cl4K2N8O2Pt2. The molecule has 96 heavy (non-hydrogen) atoms. The number of fused-ring (bicyclic) bond motifs is 8. The van der Waals surface area contributed by atoms with Gasteiger partial charge in [-0.05, 0) is 130 Å². The quantitative estimate of drug-likeness (QED) is 0.0787. The molecule has 0 unspecified atom stereocenters. The van der Waals surface area contributed by atoms with Crippen molar-refractivity contribution in [1.82, 2.24) is 38.2 Å². The van der Waals surface area contributed by atoms with E-state index < -0.39 is 11.9 Å². The topological polar surface area (TPSA) is 101 Å². The van der Waals surface area contributed by atoms with Crippen LogP contribution in [0.2, 0.25) is 0 Å². The second-order valence-corrected chi connectivity index (χ2v) is 41.5. The minimum Gasteiger partial charge on any atom is 2.00 e. The van der Waals surface area contributed by atoms with Gasteiger partial charge in [0.1, 0.15) is 5.82 Å². The van der Waals surface area contributed by atoms with Crippen molar-refractivity contribution < 1.29 is 42.8 Å². The van der Waals surface area contributed by atoms with Crippen LogP contribution in [0.15, 0.2) is 267 Å². The van der Waals surface area contributed by atoms with E-state index in [-0.39, 0.29) is 27.7 Å². The van der Waals surface area contributed by atoms with E-state index in [1.54, 1.807) is 0 Å². The molecule has 0 aliphatic carbocycles. The van der Waals surface area contributed by atoms with E-state index in [0.717, 1.165) is 101 Å². The Balaban J connectivity index is 0.000000164. The summed E-state index contributed by atoms with van der Waals surface area (Å²) in [7, 11) is 24.2. The van der Waals surface area contributed by atoms with Gasteiger partial charge in [-0.2, -0.15) is 0 Å². The number of halogens is 4. The molecule has 10 nitrogen and oxygen atoms in total. The number of aryl methyl sites for hydroxylation is 2. The molecule has 0 saturated heterocycles. The van der Waals surface area contributed by atoms with Crippen LogP contribution in [-0.4, -0.2) is 126 Å². The maximum absolute atomic E-state index is 8.07. The molecule has 474 valence electrons. The second-order valence-electron chi connectivity index (χ2n) is 21.8. The fourth-order valence-corrected chi connectivity index (χ4v) is 12.0. The summed E-state index contributed by atoms with van der Waals surface area (Å²) < 4.78 is 13.7. The average Bonchev–Trinajstić information content (AvgIpc) is 1.59. The van der Waals surface area contributed by atoms with E-state index in [4.69, 9.17) is 57.5 Å². The van der Waals surface area contributed by atoms with Crippen LogP contribution in [0.4, 0.5) is 0 Å². The number of hydrogen-bond donors (Lipinski definition) is 1. The molecule has 6 aromatic heterocycles. The summed E-state index contributed by atoms with van der Waals surface area (Å²) in [6, 6.07) is 96.5. The summed E-state index contributed by atoms with van der Waals surface area (Å²) in [6.45, 7) is 3.20. The van der Waals surface area contributed by atoms with Gasteiger partial charge in [-0.25, -0.2) is 4.98 Å². The van der Waals surface area contributed by atoms with Crippen LogP contribution >= 0.6 is 37.7 Å². The zero-order valence-corrected chi connectivity index (χ0v) is 66.9. The number of rotatable bonds is 11. The van der Waals surface area contributed by atoms with Gasteiger partial charge < -0.3 is 33.1 Å². The van der Waals surface area contributed by atoms with Gasteiger partial charge >= 0.3 is 134 Å². The van der Waals surface area contributed by atoms with Crippen LogP contribution in [0, 0.1) is 12.1 Å². The van der Waals surface area contributed by atoms with Crippen LogP contribution in [0.1, 0.15) is 6.92 Å². The zero-order valence-electron chi connectivity index (χ0n) is 53.1. The maximum Gasteiger partial charge on any atom is 2.00 e. The Labute approximate surface area is 636 Å². The van der Waals surface area contributed by atoms with Gasteiger partial charge in [0, 0.05) is 66.2 Å². The molecule has 1 N–H and O–H groups in total. The number of pyridine rings is 2. The minimum absolute atomic E-state index is 0. The summed E-state index contributed by atoms with van der Waals surface area (Å²) in [5, 5.41) is 12.8. The van der Waals surface area contributed by atoms with E-state index in [9.17, 15) is 0 Å². The zero-order chi connectivity index (χ0) is 66.0. The van der Waals surface area contributed by atoms with Gasteiger partial charge in [-0.3, -0.25) is 9.97 Å². The molecule has 0 aliphatic heterocycles. The van der Waals surface area contributed by atoms with Crippen molar-refractivity contribution >= 4 is 167 Å². The smallest absolute Gasteiger partial charge is 2.00 e. The molecule has 16 aromatic rings. The van der Waals surface area contributed by atoms with Crippen molar-refractivity contribution in [3.05, 3.63) is 279 Å². The number of ether oxygens (including phenoxy) is 1. The number of hydrogen-bond acceptors (Lipinski definition) is 6. The SMILES string of the molecule is CCOCCO.Cn1c(-c2[c-]c3c(cc2)c2cc(-c4ccccc4)ccc2n3-c2[c-]c(-c3ccccn3)ccc2)nc2ccccc21.Cn1c(-c2ccc3c4cc(-c5ccccc5)ccc4n(-c4cccc(-c5ccccn5)c4)c3c2)nc2ccccc21.[Cl][Pt]([Cl])([Cl])[Cl].[K][K].[Pt+2]. The van der Waals surface area contributed by atoms with E-state index >= 15 is 0 Å². The normalized spacial score (nSPS) is 11.3. The maximum atomic E-state index is 8.07. The molecule has 0 aliphatic rings. The summed E-state index contributed by atoms with van der Waals surface area (Å²) in [5.41, 5.74) is 21.4. The molecule has 16 rings (SSSR count). The number of benzene rings is 10. The first kappa shape index (κ1) is 72.0. The van der Waals surface area contributed by atoms with Crippen LogP contribution in [0.25, 0.3) is 145 Å². The van der Waals surface area contributed by atoms with Gasteiger partial charge in [-0.1, -0.05) is 151 Å². The third-order valence-corrected chi connectivity index (χ3v) is 16.2. The van der Waals surface area contributed by atoms with Crippen molar-refractivity contribution in [2.24, 2.45) is 14.1 Å². The second kappa shape index (κ2) is 33.8. The molecule has 0 amide bonds. The first-order chi connectivity index (χ1) is 46.4. The molecule has 0 spiro atoms. The van der Waals surface area contributed by atoms with Gasteiger partial charge in [0.15, 0.2) is 0 Å². The largest absolute Gasteiger partial charge is 2.00 e. The molecule has 0 atom stereocenters. The summed E-state index contributed by atoms with van der Waals surface area (Å²) in [5.74, 6) is 1.85. The number of aliphatic hydroxyl groups is 1. The Morgan fingerprint density at radius 3 is 1.54 bits per heavy atom. The van der Waals surface area contributed by atoms with Crippen LogP contribution in [0.3, 0.4) is 0 Å². The number of para-hydroxylation sites is 4. The van der Waals surface area contributed by atoms with E-state index in [1.807, 2.05) is 67.8 Å². The molecule has 0 fully saturated rings. The van der Waals surface area contributed by atoms with E-state index in [0.29, 0.717) is 13.2 Å². The van der Waals surface area contributed by atoms with Gasteiger partial charge in [-0.15, -0.1) is 53.6 Å². The first-order valence-electron chi connectivity index (χ1n) is 31.1. The van der Waals surface area contributed by atoms with Crippen molar-refractivity contribution in [2.75, 3.05) is 19.8 Å². The third kappa shape index (κ3) is 16.5. The fourth-order valence-electron chi connectivity index (χ4n) is 12.0. The average molecular weight is 1750 g/mol. The minimum atomic E-state index is -3.06. The molecule has 0 saturated carbocycles. The van der Waals surface area contributed by atoms with Gasteiger partial charge in [0.05, 0.1) is 57.8 Å². The van der Waals surface area contributed by atoms with Crippen molar-refractivity contribution in [3.63, 3.8) is 0 Å². The van der Waals surface area contributed by atoms with Crippen LogP contribution < -0.4 is 0 Å². The summed E-state index contributed by atoms with van der Waals surface area (Å²) in [4.78, 5) is 19.1. The van der Waals surface area contributed by atoms with E-state index in [2.05, 4.69) is 261 Å². The molecule has 10 aromatic carbocycles. The number of imidazole rings is 2. The van der Waals surface area contributed by atoms with Gasteiger partial charge in [0.25, 0.3) is 0 Å². The Morgan fingerprint density at radius 2 is 0.958 bits per heavy atom. The Kier molecular flexibility index (Phi) is 25.3. The van der Waals surface area contributed by atoms with E-state index in [1.165, 1.54) is 107 Å². The fraction of sp³-hybridized carbons (Fsp3) is 0.0769. The Bertz CT molecular complexity index is 4970. The molecule has 6 heterocycles. The first-order valence-corrected chi connectivity index (χ1v) is 58.3. The van der Waals surface area contributed by atoms with Crippen molar-refractivity contribution in [1.29, 1.82) is 0 Å². The number of aromatic nitrogens is 8. The number of aliphatic hydroxyl groups excluding tert-OH is 1. The number of nitrogens with zero attached hydrogens (tertiary/aromatic N) is 8. The molecule has 0 bridgehead atoms.